The number of hydrogen-bond acceptors (Lipinski definition) is 2. The Bertz CT molecular complexity index is 760. The fourth-order valence-electron chi connectivity index (χ4n) is 2.50. The highest BCUT2D eigenvalue weighted by Gasteiger charge is 2.21. The lowest BCUT2D eigenvalue weighted by Crippen LogP contribution is -2.23. The summed E-state index contributed by atoms with van der Waals surface area (Å²) in [6.07, 6.45) is 1.48. The summed E-state index contributed by atoms with van der Waals surface area (Å²) in [5.74, 6) is -0.0479. The number of nitrogens with one attached hydrogen (secondary N) is 1. The van der Waals surface area contributed by atoms with Crippen molar-refractivity contribution < 1.29 is 9.59 Å². The van der Waals surface area contributed by atoms with Crippen molar-refractivity contribution in [3.05, 3.63) is 57.0 Å². The van der Waals surface area contributed by atoms with E-state index in [1.165, 1.54) is 0 Å². The smallest absolute Gasteiger partial charge is 0.255 e. The van der Waals surface area contributed by atoms with E-state index in [-0.39, 0.29) is 11.8 Å². The van der Waals surface area contributed by atoms with Gasteiger partial charge in [0, 0.05) is 33.2 Å². The van der Waals surface area contributed by atoms with Crippen LogP contribution in [0, 0.1) is 0 Å². The molecule has 1 aliphatic heterocycles. The van der Waals surface area contributed by atoms with Crippen molar-refractivity contribution in [1.82, 2.24) is 0 Å². The van der Waals surface area contributed by atoms with Gasteiger partial charge in [0.1, 0.15) is 0 Å². The topological polar surface area (TPSA) is 49.4 Å². The van der Waals surface area contributed by atoms with E-state index in [4.69, 9.17) is 0 Å². The zero-order valence-electron chi connectivity index (χ0n) is 12.2. The average molecular weight is 438 g/mol. The molecule has 0 aromatic heterocycles. The van der Waals surface area contributed by atoms with E-state index in [9.17, 15) is 9.59 Å². The second kappa shape index (κ2) is 6.84. The molecular weight excluding hydrogens is 424 g/mol. The first-order valence-corrected chi connectivity index (χ1v) is 8.80. The summed E-state index contributed by atoms with van der Waals surface area (Å²) >= 11 is 6.80. The van der Waals surface area contributed by atoms with Crippen LogP contribution in [0.15, 0.2) is 51.4 Å². The van der Waals surface area contributed by atoms with Gasteiger partial charge in [0.25, 0.3) is 5.91 Å². The van der Waals surface area contributed by atoms with E-state index in [1.807, 2.05) is 30.3 Å². The zero-order valence-corrected chi connectivity index (χ0v) is 15.4. The van der Waals surface area contributed by atoms with E-state index < -0.39 is 0 Å². The number of anilines is 2. The van der Waals surface area contributed by atoms with Crippen LogP contribution in [0.5, 0.6) is 0 Å². The molecule has 3 rings (SSSR count). The Morgan fingerprint density at radius 3 is 2.43 bits per heavy atom. The first kappa shape index (κ1) is 16.2. The van der Waals surface area contributed by atoms with Gasteiger partial charge in [-0.2, -0.15) is 0 Å². The molecule has 23 heavy (non-hydrogen) atoms. The third kappa shape index (κ3) is 3.64. The fraction of sp³-hybridized carbons (Fsp3) is 0.176. The molecule has 2 aromatic rings. The van der Waals surface area contributed by atoms with Gasteiger partial charge < -0.3 is 10.2 Å². The van der Waals surface area contributed by atoms with E-state index in [0.717, 1.165) is 27.6 Å². The molecule has 0 bridgehead atoms. The van der Waals surface area contributed by atoms with Crippen LogP contribution in [0.25, 0.3) is 0 Å². The number of nitrogens with zero attached hydrogens (tertiary/aromatic N) is 1. The van der Waals surface area contributed by atoms with Crippen LogP contribution >= 0.6 is 31.9 Å². The molecule has 1 fully saturated rings. The van der Waals surface area contributed by atoms with Crippen molar-refractivity contribution in [1.29, 1.82) is 0 Å². The molecule has 0 unspecified atom stereocenters. The summed E-state index contributed by atoms with van der Waals surface area (Å²) in [6, 6.07) is 12.7. The molecule has 0 saturated carbocycles. The van der Waals surface area contributed by atoms with Crippen LogP contribution in [0.2, 0.25) is 0 Å². The molecule has 0 atom stereocenters. The minimum Gasteiger partial charge on any atom is -0.321 e. The Morgan fingerprint density at radius 2 is 1.83 bits per heavy atom. The molecule has 4 nitrogen and oxygen atoms in total. The number of rotatable bonds is 3. The quantitative estimate of drug-likeness (QED) is 0.763. The van der Waals surface area contributed by atoms with Crippen LogP contribution < -0.4 is 10.2 Å². The maximum absolute atomic E-state index is 12.3. The predicted molar refractivity (Wildman–Crippen MR) is 97.8 cm³/mol. The molecule has 2 aromatic carbocycles. The number of carbonyl (C=O) groups excluding carboxylic acids is 2. The summed E-state index contributed by atoms with van der Waals surface area (Å²) in [5.41, 5.74) is 2.10. The third-order valence-corrected chi connectivity index (χ3v) is 4.84. The molecule has 1 aliphatic rings. The number of hydrogen-bond donors (Lipinski definition) is 1. The van der Waals surface area contributed by atoms with E-state index in [0.29, 0.717) is 17.7 Å². The average Bonchev–Trinajstić information content (AvgIpc) is 2.96. The lowest BCUT2D eigenvalue weighted by atomic mass is 10.1. The molecule has 2 amide bonds. The minimum atomic E-state index is -0.188. The number of carbonyl (C=O) groups is 2. The Labute approximate surface area is 151 Å². The highest BCUT2D eigenvalue weighted by atomic mass is 79.9. The van der Waals surface area contributed by atoms with Crippen LogP contribution in [0.1, 0.15) is 23.2 Å². The maximum atomic E-state index is 12.3. The number of benzene rings is 2. The number of amides is 2. The van der Waals surface area contributed by atoms with Gasteiger partial charge in [-0.15, -0.1) is 0 Å². The number of halogens is 2. The third-order valence-electron chi connectivity index (χ3n) is 3.69. The molecule has 0 radical (unpaired) electrons. The largest absolute Gasteiger partial charge is 0.321 e. The van der Waals surface area contributed by atoms with Crippen molar-refractivity contribution in [2.45, 2.75) is 12.8 Å². The molecular formula is C17H14Br2N2O2. The van der Waals surface area contributed by atoms with Gasteiger partial charge in [-0.25, -0.2) is 0 Å². The van der Waals surface area contributed by atoms with Gasteiger partial charge in [-0.3, -0.25) is 9.59 Å². The molecule has 1 heterocycles. The van der Waals surface area contributed by atoms with E-state index in [2.05, 4.69) is 37.2 Å². The molecule has 0 spiro atoms. The Balaban J connectivity index is 1.74. The summed E-state index contributed by atoms with van der Waals surface area (Å²) in [7, 11) is 0. The normalized spacial score (nSPS) is 14.2. The molecule has 6 heteroatoms. The SMILES string of the molecule is O=C(Nc1ccc(Br)cc1Br)c1ccc(N2CCCC2=O)cc1. The van der Waals surface area contributed by atoms with Crippen LogP contribution in [-0.2, 0) is 4.79 Å². The first-order chi connectivity index (χ1) is 11.0. The van der Waals surface area contributed by atoms with Gasteiger partial charge in [-0.05, 0) is 64.8 Å². The van der Waals surface area contributed by atoms with Gasteiger partial charge in [0.15, 0.2) is 0 Å². The summed E-state index contributed by atoms with van der Waals surface area (Å²) in [5, 5.41) is 2.86. The van der Waals surface area contributed by atoms with Crippen molar-refractivity contribution in [2.75, 3.05) is 16.8 Å². The second-order valence-electron chi connectivity index (χ2n) is 5.27. The second-order valence-corrected chi connectivity index (χ2v) is 7.04. The molecule has 1 N–H and O–H groups in total. The van der Waals surface area contributed by atoms with E-state index in [1.54, 1.807) is 17.0 Å². The van der Waals surface area contributed by atoms with Crippen LogP contribution in [0.3, 0.4) is 0 Å². The van der Waals surface area contributed by atoms with Gasteiger partial charge >= 0.3 is 0 Å². The highest BCUT2D eigenvalue weighted by Crippen LogP contribution is 2.27. The van der Waals surface area contributed by atoms with Gasteiger partial charge in [0.05, 0.1) is 5.69 Å². The summed E-state index contributed by atoms with van der Waals surface area (Å²) < 4.78 is 1.74. The predicted octanol–water partition coefficient (Wildman–Crippen LogP) is 4.59. The van der Waals surface area contributed by atoms with Gasteiger partial charge in [-0.1, -0.05) is 15.9 Å². The molecule has 0 aliphatic carbocycles. The Morgan fingerprint density at radius 1 is 1.09 bits per heavy atom. The Hall–Kier alpha value is -1.66. The summed E-state index contributed by atoms with van der Waals surface area (Å²) in [4.78, 5) is 25.8. The molecule has 118 valence electrons. The van der Waals surface area contributed by atoms with Crippen molar-refractivity contribution in [3.8, 4) is 0 Å². The highest BCUT2D eigenvalue weighted by molar-refractivity contribution is 9.11. The van der Waals surface area contributed by atoms with Crippen molar-refractivity contribution in [2.24, 2.45) is 0 Å². The standard InChI is InChI=1S/C17H14Br2N2O2/c18-12-5-8-15(14(19)10-12)20-17(23)11-3-6-13(7-4-11)21-9-1-2-16(21)22/h3-8,10H,1-2,9H2,(H,20,23). The minimum absolute atomic E-state index is 0.140. The Kier molecular flexibility index (Phi) is 4.82. The van der Waals surface area contributed by atoms with Crippen molar-refractivity contribution >= 4 is 55.0 Å². The van der Waals surface area contributed by atoms with Crippen LogP contribution in [-0.4, -0.2) is 18.4 Å². The molecule has 1 saturated heterocycles. The van der Waals surface area contributed by atoms with Crippen molar-refractivity contribution in [3.63, 3.8) is 0 Å². The van der Waals surface area contributed by atoms with E-state index >= 15 is 0 Å². The van der Waals surface area contributed by atoms with Crippen LogP contribution in [0.4, 0.5) is 11.4 Å². The van der Waals surface area contributed by atoms with Gasteiger partial charge in [0.2, 0.25) is 5.91 Å². The maximum Gasteiger partial charge on any atom is 0.255 e. The zero-order chi connectivity index (χ0) is 16.4. The first-order valence-electron chi connectivity index (χ1n) is 7.21. The monoisotopic (exact) mass is 436 g/mol. The lowest BCUT2D eigenvalue weighted by molar-refractivity contribution is -0.117. The summed E-state index contributed by atoms with van der Waals surface area (Å²) in [6.45, 7) is 0.746. The lowest BCUT2D eigenvalue weighted by Gasteiger charge is -2.16. The fourth-order valence-corrected chi connectivity index (χ4v) is 3.65.